The lowest BCUT2D eigenvalue weighted by Gasteiger charge is -2.13. The molecule has 0 aliphatic heterocycles. The number of amides is 1. The Hall–Kier alpha value is -4.33. The first-order valence-electron chi connectivity index (χ1n) is 10.5. The molecule has 0 spiro atoms. The van der Waals surface area contributed by atoms with Gasteiger partial charge < -0.3 is 9.88 Å². The molecule has 8 heteroatoms. The van der Waals surface area contributed by atoms with Crippen molar-refractivity contribution < 1.29 is 9.18 Å². The molecule has 0 aliphatic carbocycles. The van der Waals surface area contributed by atoms with Crippen molar-refractivity contribution in [3.8, 4) is 0 Å². The molecule has 3 heterocycles. The fourth-order valence-corrected chi connectivity index (χ4v) is 3.85. The summed E-state index contributed by atoms with van der Waals surface area (Å²) in [4.78, 5) is 30.3. The molecule has 0 aliphatic rings. The lowest BCUT2D eigenvalue weighted by atomic mass is 10.1. The molecule has 33 heavy (non-hydrogen) atoms. The number of hydrogen-bond donors (Lipinski definition) is 1. The van der Waals surface area contributed by atoms with E-state index in [9.17, 15) is 14.0 Å². The molecule has 1 amide bonds. The molecule has 0 bridgehead atoms. The highest BCUT2D eigenvalue weighted by Crippen LogP contribution is 2.18. The van der Waals surface area contributed by atoms with Crippen LogP contribution in [0.1, 0.15) is 21.6 Å². The summed E-state index contributed by atoms with van der Waals surface area (Å²) >= 11 is 0. The maximum atomic E-state index is 13.3. The molecule has 0 radical (unpaired) electrons. The van der Waals surface area contributed by atoms with Crippen LogP contribution in [0.3, 0.4) is 0 Å². The summed E-state index contributed by atoms with van der Waals surface area (Å²) in [5.74, 6) is -0.582. The van der Waals surface area contributed by atoms with Gasteiger partial charge in [0.05, 0.1) is 23.8 Å². The van der Waals surface area contributed by atoms with Gasteiger partial charge in [-0.1, -0.05) is 18.2 Å². The number of carbonyl (C=O) groups is 1. The van der Waals surface area contributed by atoms with Crippen LogP contribution in [0, 0.1) is 5.82 Å². The maximum absolute atomic E-state index is 13.3. The van der Waals surface area contributed by atoms with E-state index in [2.05, 4.69) is 15.4 Å². The van der Waals surface area contributed by atoms with E-state index in [0.29, 0.717) is 35.1 Å². The summed E-state index contributed by atoms with van der Waals surface area (Å²) in [5, 5.41) is 7.18. The molecule has 0 saturated carbocycles. The van der Waals surface area contributed by atoms with Crippen molar-refractivity contribution in [1.82, 2.24) is 24.5 Å². The summed E-state index contributed by atoms with van der Waals surface area (Å²) in [6.07, 6.45) is 3.90. The number of pyridine rings is 1. The number of benzene rings is 2. The molecule has 0 fully saturated rings. The monoisotopic (exact) mass is 441 g/mol. The third-order valence-electron chi connectivity index (χ3n) is 5.51. The van der Waals surface area contributed by atoms with Crippen molar-refractivity contribution in [2.75, 3.05) is 6.54 Å². The minimum absolute atomic E-state index is 0.238. The number of aromatic nitrogens is 4. The van der Waals surface area contributed by atoms with Gasteiger partial charge in [0.1, 0.15) is 11.3 Å². The van der Waals surface area contributed by atoms with Crippen molar-refractivity contribution in [1.29, 1.82) is 0 Å². The molecule has 0 unspecified atom stereocenters. The quantitative estimate of drug-likeness (QED) is 0.439. The number of carbonyl (C=O) groups excluding carboxylic acids is 1. The molecule has 1 N–H and O–H groups in total. The number of rotatable bonds is 6. The summed E-state index contributed by atoms with van der Waals surface area (Å²) in [7, 11) is 0. The van der Waals surface area contributed by atoms with Crippen LogP contribution in [0.2, 0.25) is 0 Å². The zero-order valence-electron chi connectivity index (χ0n) is 17.6. The zero-order chi connectivity index (χ0) is 22.8. The Labute approximate surface area is 188 Å². The van der Waals surface area contributed by atoms with Crippen molar-refractivity contribution in [2.24, 2.45) is 0 Å². The Kier molecular flexibility index (Phi) is 5.40. The lowest BCUT2D eigenvalue weighted by molar-refractivity contribution is 0.0954. The normalized spacial score (nSPS) is 11.2. The molecule has 5 aromatic rings. The SMILES string of the molecule is O=C(NCCc1ccccn1)c1ccc2c(c1)n(Cc1ccc(F)cc1)c(=O)c1ccnn12. The van der Waals surface area contributed by atoms with E-state index in [1.807, 2.05) is 18.2 Å². The Morgan fingerprint density at radius 3 is 2.58 bits per heavy atom. The second-order valence-corrected chi connectivity index (χ2v) is 7.68. The van der Waals surface area contributed by atoms with Gasteiger partial charge in [-0.15, -0.1) is 0 Å². The summed E-state index contributed by atoms with van der Waals surface area (Å²) in [6, 6.07) is 18.5. The van der Waals surface area contributed by atoms with E-state index < -0.39 is 0 Å². The number of halogens is 1. The number of fused-ring (bicyclic) bond motifs is 3. The van der Waals surface area contributed by atoms with Gasteiger partial charge in [0, 0.05) is 30.4 Å². The van der Waals surface area contributed by atoms with E-state index in [0.717, 1.165) is 11.3 Å². The topological polar surface area (TPSA) is 81.3 Å². The second kappa shape index (κ2) is 8.66. The second-order valence-electron chi connectivity index (χ2n) is 7.68. The maximum Gasteiger partial charge on any atom is 0.277 e. The van der Waals surface area contributed by atoms with Crippen LogP contribution in [0.15, 0.2) is 83.9 Å². The fraction of sp³-hybridized carbons (Fsp3) is 0.120. The molecular formula is C25H20FN5O2. The molecule has 0 atom stereocenters. The predicted molar refractivity (Wildman–Crippen MR) is 123 cm³/mol. The summed E-state index contributed by atoms with van der Waals surface area (Å²) < 4.78 is 16.5. The average molecular weight is 441 g/mol. The van der Waals surface area contributed by atoms with Gasteiger partial charge >= 0.3 is 0 Å². The van der Waals surface area contributed by atoms with Crippen molar-refractivity contribution in [2.45, 2.75) is 13.0 Å². The standard InChI is InChI=1S/C25H20FN5O2/c26-19-7-4-17(5-8-19)16-30-23-15-18(24(32)28-13-10-20-3-1-2-12-27-20)6-9-21(23)31-22(25(30)33)11-14-29-31/h1-9,11-12,14-15H,10,13,16H2,(H,28,32). The number of nitrogens with zero attached hydrogens (tertiary/aromatic N) is 4. The highest BCUT2D eigenvalue weighted by molar-refractivity contribution is 5.97. The van der Waals surface area contributed by atoms with Crippen LogP contribution in [0.5, 0.6) is 0 Å². The fourth-order valence-electron chi connectivity index (χ4n) is 3.85. The van der Waals surface area contributed by atoms with E-state index in [1.54, 1.807) is 57.9 Å². The van der Waals surface area contributed by atoms with E-state index >= 15 is 0 Å². The van der Waals surface area contributed by atoms with E-state index in [1.165, 1.54) is 12.1 Å². The first-order chi connectivity index (χ1) is 16.1. The minimum atomic E-state index is -0.341. The average Bonchev–Trinajstić information content (AvgIpc) is 3.34. The summed E-state index contributed by atoms with van der Waals surface area (Å²) in [6.45, 7) is 0.677. The molecular weight excluding hydrogens is 421 g/mol. The summed E-state index contributed by atoms with van der Waals surface area (Å²) in [5.41, 5.74) is 3.55. The van der Waals surface area contributed by atoms with Gasteiger partial charge in [0.2, 0.25) is 0 Å². The molecule has 164 valence electrons. The molecule has 7 nitrogen and oxygen atoms in total. The van der Waals surface area contributed by atoms with Gasteiger partial charge in [0.15, 0.2) is 0 Å². The zero-order valence-corrected chi connectivity index (χ0v) is 17.6. The van der Waals surface area contributed by atoms with Gasteiger partial charge in [-0.2, -0.15) is 5.10 Å². The largest absolute Gasteiger partial charge is 0.352 e. The van der Waals surface area contributed by atoms with Gasteiger partial charge in [-0.3, -0.25) is 14.6 Å². The van der Waals surface area contributed by atoms with Crippen LogP contribution in [0.25, 0.3) is 16.6 Å². The number of hydrogen-bond acceptors (Lipinski definition) is 4. The first kappa shape index (κ1) is 20.6. The highest BCUT2D eigenvalue weighted by atomic mass is 19.1. The molecule has 5 rings (SSSR count). The van der Waals surface area contributed by atoms with Crippen LogP contribution in [-0.2, 0) is 13.0 Å². The predicted octanol–water partition coefficient (Wildman–Crippen LogP) is 3.20. The number of nitrogens with one attached hydrogen (secondary N) is 1. The van der Waals surface area contributed by atoms with Crippen LogP contribution < -0.4 is 10.9 Å². The van der Waals surface area contributed by atoms with Gasteiger partial charge in [-0.05, 0) is 54.1 Å². The van der Waals surface area contributed by atoms with Gasteiger partial charge in [-0.25, -0.2) is 8.91 Å². The Morgan fingerprint density at radius 2 is 1.79 bits per heavy atom. The third-order valence-corrected chi connectivity index (χ3v) is 5.51. The van der Waals surface area contributed by atoms with Crippen LogP contribution >= 0.6 is 0 Å². The first-order valence-corrected chi connectivity index (χ1v) is 10.5. The molecule has 0 saturated heterocycles. The molecule has 2 aromatic carbocycles. The Bertz CT molecular complexity index is 1510. The van der Waals surface area contributed by atoms with E-state index in [4.69, 9.17) is 0 Å². The van der Waals surface area contributed by atoms with Gasteiger partial charge in [0.25, 0.3) is 11.5 Å². The smallest absolute Gasteiger partial charge is 0.277 e. The Balaban J connectivity index is 1.50. The van der Waals surface area contributed by atoms with Crippen LogP contribution in [0.4, 0.5) is 4.39 Å². The van der Waals surface area contributed by atoms with Crippen molar-refractivity contribution in [3.05, 3.63) is 112 Å². The highest BCUT2D eigenvalue weighted by Gasteiger charge is 2.15. The Morgan fingerprint density at radius 1 is 0.939 bits per heavy atom. The van der Waals surface area contributed by atoms with Crippen LogP contribution in [-0.4, -0.2) is 31.6 Å². The van der Waals surface area contributed by atoms with Crippen molar-refractivity contribution >= 4 is 22.5 Å². The van der Waals surface area contributed by atoms with Crippen molar-refractivity contribution in [3.63, 3.8) is 0 Å². The van der Waals surface area contributed by atoms with E-state index in [-0.39, 0.29) is 23.8 Å². The third kappa shape index (κ3) is 4.10. The molecule has 3 aromatic heterocycles. The minimum Gasteiger partial charge on any atom is -0.352 e. The lowest BCUT2D eigenvalue weighted by Crippen LogP contribution is -2.27.